The summed E-state index contributed by atoms with van der Waals surface area (Å²) in [6.45, 7) is 1.14. The van der Waals surface area contributed by atoms with Crippen molar-refractivity contribution in [2.75, 3.05) is 6.54 Å². The minimum Gasteiger partial charge on any atom is -0.312 e. The summed E-state index contributed by atoms with van der Waals surface area (Å²) in [5.74, 6) is 0.735. The van der Waals surface area contributed by atoms with Gasteiger partial charge in [0.25, 0.3) is 0 Å². The Morgan fingerprint density at radius 3 is 2.19 bits per heavy atom. The average Bonchev–Trinajstić information content (AvgIpc) is 3.28. The van der Waals surface area contributed by atoms with Crippen molar-refractivity contribution in [2.24, 2.45) is 0 Å². The van der Waals surface area contributed by atoms with Crippen LogP contribution in [0.15, 0.2) is 60.7 Å². The molecule has 0 saturated heterocycles. The van der Waals surface area contributed by atoms with Crippen molar-refractivity contribution in [1.82, 2.24) is 5.32 Å². The molecule has 1 heteroatoms. The zero-order valence-electron chi connectivity index (χ0n) is 12.5. The summed E-state index contributed by atoms with van der Waals surface area (Å²) in [5.41, 5.74) is 3.43. The van der Waals surface area contributed by atoms with Gasteiger partial charge in [-0.2, -0.15) is 0 Å². The number of rotatable bonds is 5. The molecule has 0 unspecified atom stereocenters. The standard InChI is InChI=1S/C20H23N/c1-3-8-16(9-4-1)18-14-19(18)21-15-20(12-7-13-20)17-10-5-2-6-11-17/h1-6,8-11,18-19,21H,7,12-15H2/t18-,19+/m1/s1. The first kappa shape index (κ1) is 13.1. The lowest BCUT2D eigenvalue weighted by atomic mass is 9.64. The normalized spacial score (nSPS) is 26.1. The molecule has 4 rings (SSSR count). The van der Waals surface area contributed by atoms with Gasteiger partial charge in [-0.05, 0) is 30.4 Å². The minimum atomic E-state index is 0.408. The Morgan fingerprint density at radius 1 is 0.905 bits per heavy atom. The van der Waals surface area contributed by atoms with Crippen molar-refractivity contribution >= 4 is 0 Å². The maximum Gasteiger partial charge on any atom is 0.0143 e. The quantitative estimate of drug-likeness (QED) is 0.861. The Labute approximate surface area is 127 Å². The van der Waals surface area contributed by atoms with Crippen molar-refractivity contribution in [3.63, 3.8) is 0 Å². The third-order valence-corrected chi connectivity index (χ3v) is 5.42. The molecule has 0 spiro atoms. The van der Waals surface area contributed by atoms with Crippen LogP contribution in [0.3, 0.4) is 0 Å². The summed E-state index contributed by atoms with van der Waals surface area (Å²) in [7, 11) is 0. The smallest absolute Gasteiger partial charge is 0.0143 e. The van der Waals surface area contributed by atoms with Crippen molar-refractivity contribution in [1.29, 1.82) is 0 Å². The minimum absolute atomic E-state index is 0.408. The topological polar surface area (TPSA) is 12.0 Å². The van der Waals surface area contributed by atoms with Gasteiger partial charge in [0.15, 0.2) is 0 Å². The summed E-state index contributed by atoms with van der Waals surface area (Å²) in [4.78, 5) is 0. The van der Waals surface area contributed by atoms with Gasteiger partial charge in [0.2, 0.25) is 0 Å². The summed E-state index contributed by atoms with van der Waals surface area (Å²) in [6, 6.07) is 22.7. The molecule has 2 aromatic rings. The van der Waals surface area contributed by atoms with Crippen LogP contribution >= 0.6 is 0 Å². The molecule has 1 nitrogen and oxygen atoms in total. The van der Waals surface area contributed by atoms with Crippen molar-refractivity contribution < 1.29 is 0 Å². The Kier molecular flexibility index (Phi) is 3.31. The Balaban J connectivity index is 1.39. The lowest BCUT2D eigenvalue weighted by Gasteiger charge is -2.43. The van der Waals surface area contributed by atoms with Gasteiger partial charge >= 0.3 is 0 Å². The first-order chi connectivity index (χ1) is 10.4. The van der Waals surface area contributed by atoms with Crippen molar-refractivity contribution in [2.45, 2.75) is 43.1 Å². The molecule has 2 saturated carbocycles. The molecule has 21 heavy (non-hydrogen) atoms. The Morgan fingerprint density at radius 2 is 1.57 bits per heavy atom. The SMILES string of the molecule is c1ccc([C@H]2C[C@@H]2NCC2(c3ccccc3)CCC2)cc1. The first-order valence-electron chi connectivity index (χ1n) is 8.21. The molecule has 1 N–H and O–H groups in total. The predicted molar refractivity (Wildman–Crippen MR) is 87.6 cm³/mol. The number of nitrogens with one attached hydrogen (secondary N) is 1. The molecule has 0 heterocycles. The highest BCUT2D eigenvalue weighted by atomic mass is 15.0. The third kappa shape index (κ3) is 2.51. The zero-order chi connectivity index (χ0) is 14.1. The van der Waals surface area contributed by atoms with E-state index >= 15 is 0 Å². The summed E-state index contributed by atoms with van der Waals surface area (Å²) in [5, 5.41) is 3.85. The van der Waals surface area contributed by atoms with E-state index in [0.29, 0.717) is 11.5 Å². The molecule has 2 aliphatic rings. The molecular weight excluding hydrogens is 254 g/mol. The molecule has 2 aliphatic carbocycles. The maximum absolute atomic E-state index is 3.85. The fraction of sp³-hybridized carbons (Fsp3) is 0.400. The number of hydrogen-bond donors (Lipinski definition) is 1. The van der Waals surface area contributed by atoms with Crippen LogP contribution in [0.5, 0.6) is 0 Å². The predicted octanol–water partition coefficient (Wildman–Crippen LogP) is 4.25. The second-order valence-electron chi connectivity index (χ2n) is 6.74. The lowest BCUT2D eigenvalue weighted by Crippen LogP contribution is -2.44. The van der Waals surface area contributed by atoms with E-state index in [1.165, 1.54) is 36.8 Å². The largest absolute Gasteiger partial charge is 0.312 e. The molecule has 2 aromatic carbocycles. The van der Waals surface area contributed by atoms with Gasteiger partial charge in [0.1, 0.15) is 0 Å². The molecule has 0 bridgehead atoms. The first-order valence-corrected chi connectivity index (χ1v) is 8.21. The van der Waals surface area contributed by atoms with E-state index in [2.05, 4.69) is 66.0 Å². The van der Waals surface area contributed by atoms with Crippen LogP contribution in [0.25, 0.3) is 0 Å². The van der Waals surface area contributed by atoms with Gasteiger partial charge in [-0.3, -0.25) is 0 Å². The monoisotopic (exact) mass is 277 g/mol. The molecule has 0 radical (unpaired) electrons. The van der Waals surface area contributed by atoms with Crippen molar-refractivity contribution in [3.8, 4) is 0 Å². The second-order valence-corrected chi connectivity index (χ2v) is 6.74. The van der Waals surface area contributed by atoms with E-state index in [4.69, 9.17) is 0 Å². The molecule has 2 atom stereocenters. The molecule has 2 fully saturated rings. The highest BCUT2D eigenvalue weighted by Gasteiger charge is 2.43. The van der Waals surface area contributed by atoms with Crippen LogP contribution in [0.4, 0.5) is 0 Å². The molecule has 0 aliphatic heterocycles. The van der Waals surface area contributed by atoms with Crippen molar-refractivity contribution in [3.05, 3.63) is 71.8 Å². The fourth-order valence-electron chi connectivity index (χ4n) is 3.78. The van der Waals surface area contributed by atoms with Gasteiger partial charge in [-0.1, -0.05) is 67.1 Å². The van der Waals surface area contributed by atoms with Gasteiger partial charge in [-0.15, -0.1) is 0 Å². The van der Waals surface area contributed by atoms with Crippen LogP contribution in [-0.4, -0.2) is 12.6 Å². The molecular formula is C20H23N. The lowest BCUT2D eigenvalue weighted by molar-refractivity contribution is 0.232. The van der Waals surface area contributed by atoms with Crippen LogP contribution in [0.2, 0.25) is 0 Å². The summed E-state index contributed by atoms with van der Waals surface area (Å²) in [6.07, 6.45) is 5.36. The third-order valence-electron chi connectivity index (χ3n) is 5.42. The van der Waals surface area contributed by atoms with Gasteiger partial charge in [-0.25, -0.2) is 0 Å². The highest BCUT2D eigenvalue weighted by molar-refractivity contribution is 5.30. The van der Waals surface area contributed by atoms with E-state index in [0.717, 1.165) is 12.5 Å². The van der Waals surface area contributed by atoms with Crippen LogP contribution < -0.4 is 5.32 Å². The van der Waals surface area contributed by atoms with Gasteiger partial charge in [0, 0.05) is 23.9 Å². The number of hydrogen-bond acceptors (Lipinski definition) is 1. The van der Waals surface area contributed by atoms with Gasteiger partial charge in [0.05, 0.1) is 0 Å². The number of benzene rings is 2. The average molecular weight is 277 g/mol. The van der Waals surface area contributed by atoms with E-state index in [-0.39, 0.29) is 0 Å². The van der Waals surface area contributed by atoms with Crippen LogP contribution in [0.1, 0.15) is 42.7 Å². The van der Waals surface area contributed by atoms with E-state index < -0.39 is 0 Å². The highest BCUT2D eigenvalue weighted by Crippen LogP contribution is 2.45. The second kappa shape index (κ2) is 5.31. The fourth-order valence-corrected chi connectivity index (χ4v) is 3.78. The van der Waals surface area contributed by atoms with E-state index in [9.17, 15) is 0 Å². The zero-order valence-corrected chi connectivity index (χ0v) is 12.5. The molecule has 0 amide bonds. The van der Waals surface area contributed by atoms with E-state index in [1.54, 1.807) is 0 Å². The van der Waals surface area contributed by atoms with Crippen LogP contribution in [-0.2, 0) is 5.41 Å². The van der Waals surface area contributed by atoms with Crippen LogP contribution in [0, 0.1) is 0 Å². The van der Waals surface area contributed by atoms with Gasteiger partial charge < -0.3 is 5.32 Å². The molecule has 108 valence electrons. The Bertz CT molecular complexity index is 586. The molecule has 0 aromatic heterocycles. The van der Waals surface area contributed by atoms with E-state index in [1.807, 2.05) is 0 Å². The summed E-state index contributed by atoms with van der Waals surface area (Å²) < 4.78 is 0. The maximum atomic E-state index is 3.85. The Hall–Kier alpha value is -1.60. The summed E-state index contributed by atoms with van der Waals surface area (Å²) >= 11 is 0.